The summed E-state index contributed by atoms with van der Waals surface area (Å²) in [7, 11) is 1.65. The van der Waals surface area contributed by atoms with Crippen molar-refractivity contribution in [2.45, 2.75) is 32.1 Å². The highest BCUT2D eigenvalue weighted by Crippen LogP contribution is 2.28. The molecule has 0 bridgehead atoms. The minimum Gasteiger partial charge on any atom is -0.381 e. The van der Waals surface area contributed by atoms with Crippen LogP contribution in [0.25, 0.3) is 0 Å². The van der Waals surface area contributed by atoms with Crippen LogP contribution in [0.15, 0.2) is 0 Å². The molecule has 1 aliphatic carbocycles. The van der Waals surface area contributed by atoms with Crippen LogP contribution in [-0.4, -0.2) is 26.2 Å². The first-order valence-electron chi connectivity index (χ1n) is 5.11. The van der Waals surface area contributed by atoms with Gasteiger partial charge in [-0.2, -0.15) is 0 Å². The van der Waals surface area contributed by atoms with Gasteiger partial charge in [-0.1, -0.05) is 19.3 Å². The lowest BCUT2D eigenvalue weighted by atomic mass is 9.83. The summed E-state index contributed by atoms with van der Waals surface area (Å²) in [6, 6.07) is 0. The Kier molecular flexibility index (Phi) is 4.83. The number of nitrogens with one attached hydrogen (secondary N) is 1. The summed E-state index contributed by atoms with van der Waals surface area (Å²) in [4.78, 5) is 10.8. The zero-order valence-corrected chi connectivity index (χ0v) is 8.34. The molecular weight excluding hydrogens is 166 g/mol. The zero-order valence-electron chi connectivity index (χ0n) is 8.34. The standard InChI is InChI=1S/C10H19NO2/c1-11-10(12)6-8-13-7-5-9-3-2-4-9/h9H,2-8H2,1H3,(H,11,12). The van der Waals surface area contributed by atoms with E-state index in [9.17, 15) is 4.79 Å². The maximum atomic E-state index is 10.8. The summed E-state index contributed by atoms with van der Waals surface area (Å²) in [5, 5.41) is 2.57. The summed E-state index contributed by atoms with van der Waals surface area (Å²) in [5.41, 5.74) is 0. The second-order valence-electron chi connectivity index (χ2n) is 3.62. The van der Waals surface area contributed by atoms with Crippen LogP contribution in [0.2, 0.25) is 0 Å². The van der Waals surface area contributed by atoms with Crippen LogP contribution >= 0.6 is 0 Å². The SMILES string of the molecule is CNC(=O)CCOCCC1CCC1. The molecule has 3 heteroatoms. The molecule has 0 aromatic carbocycles. The summed E-state index contributed by atoms with van der Waals surface area (Å²) >= 11 is 0. The van der Waals surface area contributed by atoms with Gasteiger partial charge < -0.3 is 10.1 Å². The van der Waals surface area contributed by atoms with Crippen molar-refractivity contribution in [2.24, 2.45) is 5.92 Å². The van der Waals surface area contributed by atoms with Crippen LogP contribution < -0.4 is 5.32 Å². The van der Waals surface area contributed by atoms with E-state index in [4.69, 9.17) is 4.74 Å². The highest BCUT2D eigenvalue weighted by molar-refractivity contribution is 5.75. The molecule has 1 aliphatic rings. The van der Waals surface area contributed by atoms with Crippen molar-refractivity contribution in [3.63, 3.8) is 0 Å². The van der Waals surface area contributed by atoms with Gasteiger partial charge in [-0.3, -0.25) is 4.79 Å². The van der Waals surface area contributed by atoms with Gasteiger partial charge in [0.2, 0.25) is 5.91 Å². The van der Waals surface area contributed by atoms with Crippen molar-refractivity contribution < 1.29 is 9.53 Å². The Hall–Kier alpha value is -0.570. The van der Waals surface area contributed by atoms with E-state index in [0.29, 0.717) is 13.0 Å². The molecule has 1 saturated carbocycles. The second-order valence-corrected chi connectivity index (χ2v) is 3.62. The Morgan fingerprint density at radius 3 is 2.77 bits per heavy atom. The van der Waals surface area contributed by atoms with Gasteiger partial charge in [-0.05, 0) is 12.3 Å². The third kappa shape index (κ3) is 4.27. The number of hydrogen-bond donors (Lipinski definition) is 1. The Labute approximate surface area is 79.8 Å². The average Bonchev–Trinajstić information content (AvgIpc) is 2.07. The molecule has 0 aliphatic heterocycles. The first kappa shape index (κ1) is 10.5. The van der Waals surface area contributed by atoms with Gasteiger partial charge in [-0.15, -0.1) is 0 Å². The van der Waals surface area contributed by atoms with E-state index >= 15 is 0 Å². The molecular formula is C10H19NO2. The molecule has 1 fully saturated rings. The van der Waals surface area contributed by atoms with E-state index in [0.717, 1.165) is 12.5 Å². The van der Waals surface area contributed by atoms with Crippen LogP contribution in [-0.2, 0) is 9.53 Å². The summed E-state index contributed by atoms with van der Waals surface area (Å²) in [5.74, 6) is 0.962. The van der Waals surface area contributed by atoms with Gasteiger partial charge in [0.1, 0.15) is 0 Å². The molecule has 0 aromatic heterocycles. The fraction of sp³-hybridized carbons (Fsp3) is 0.900. The number of rotatable bonds is 6. The number of carbonyl (C=O) groups is 1. The molecule has 1 amide bonds. The number of carbonyl (C=O) groups excluding carboxylic acids is 1. The third-order valence-corrected chi connectivity index (χ3v) is 2.65. The van der Waals surface area contributed by atoms with Gasteiger partial charge in [0.25, 0.3) is 0 Å². The molecule has 1 rings (SSSR count). The molecule has 0 unspecified atom stereocenters. The summed E-state index contributed by atoms with van der Waals surface area (Å²) in [6.45, 7) is 1.38. The van der Waals surface area contributed by atoms with Gasteiger partial charge in [0, 0.05) is 20.1 Å². The largest absolute Gasteiger partial charge is 0.381 e. The topological polar surface area (TPSA) is 38.3 Å². The Bertz CT molecular complexity index is 155. The van der Waals surface area contributed by atoms with Crippen LogP contribution in [0.3, 0.4) is 0 Å². The molecule has 0 aromatic rings. The van der Waals surface area contributed by atoms with Crippen LogP contribution in [0.5, 0.6) is 0 Å². The van der Waals surface area contributed by atoms with E-state index in [1.54, 1.807) is 7.05 Å². The van der Waals surface area contributed by atoms with E-state index in [1.165, 1.54) is 25.7 Å². The predicted molar refractivity (Wildman–Crippen MR) is 51.5 cm³/mol. The molecule has 0 spiro atoms. The molecule has 0 atom stereocenters. The van der Waals surface area contributed by atoms with Gasteiger partial charge in [0.05, 0.1) is 6.61 Å². The van der Waals surface area contributed by atoms with E-state index < -0.39 is 0 Å². The lowest BCUT2D eigenvalue weighted by molar-refractivity contribution is -0.121. The molecule has 1 N–H and O–H groups in total. The zero-order chi connectivity index (χ0) is 9.52. The number of amides is 1. The van der Waals surface area contributed by atoms with Crippen molar-refractivity contribution in [1.82, 2.24) is 5.32 Å². The monoisotopic (exact) mass is 185 g/mol. The van der Waals surface area contributed by atoms with Crippen molar-refractivity contribution in [3.8, 4) is 0 Å². The predicted octanol–water partition coefficient (Wildman–Crippen LogP) is 1.33. The highest BCUT2D eigenvalue weighted by Gasteiger charge is 2.16. The first-order chi connectivity index (χ1) is 6.33. The minimum absolute atomic E-state index is 0.0589. The van der Waals surface area contributed by atoms with Crippen LogP contribution in [0, 0.1) is 5.92 Å². The normalized spacial score (nSPS) is 16.7. The van der Waals surface area contributed by atoms with Gasteiger partial charge >= 0.3 is 0 Å². The molecule has 13 heavy (non-hydrogen) atoms. The maximum absolute atomic E-state index is 10.8. The molecule has 76 valence electrons. The lowest BCUT2D eigenvalue weighted by Crippen LogP contribution is -2.20. The Balaban J connectivity index is 1.80. The van der Waals surface area contributed by atoms with Gasteiger partial charge in [-0.25, -0.2) is 0 Å². The third-order valence-electron chi connectivity index (χ3n) is 2.65. The van der Waals surface area contributed by atoms with Crippen molar-refractivity contribution in [1.29, 1.82) is 0 Å². The molecule has 0 heterocycles. The van der Waals surface area contributed by atoms with Crippen molar-refractivity contribution >= 4 is 5.91 Å². The fourth-order valence-electron chi connectivity index (χ4n) is 1.42. The van der Waals surface area contributed by atoms with Crippen LogP contribution in [0.4, 0.5) is 0 Å². The van der Waals surface area contributed by atoms with Crippen molar-refractivity contribution in [2.75, 3.05) is 20.3 Å². The molecule has 3 nitrogen and oxygen atoms in total. The summed E-state index contributed by atoms with van der Waals surface area (Å²) in [6.07, 6.45) is 5.80. The highest BCUT2D eigenvalue weighted by atomic mass is 16.5. The average molecular weight is 185 g/mol. The van der Waals surface area contributed by atoms with Crippen molar-refractivity contribution in [3.05, 3.63) is 0 Å². The maximum Gasteiger partial charge on any atom is 0.222 e. The number of ether oxygens (including phenoxy) is 1. The quantitative estimate of drug-likeness (QED) is 0.634. The Morgan fingerprint density at radius 2 is 2.23 bits per heavy atom. The Morgan fingerprint density at radius 1 is 1.46 bits per heavy atom. The smallest absolute Gasteiger partial charge is 0.222 e. The van der Waals surface area contributed by atoms with E-state index in [-0.39, 0.29) is 5.91 Å². The second kappa shape index (κ2) is 5.97. The lowest BCUT2D eigenvalue weighted by Gasteiger charge is -2.24. The number of hydrogen-bond acceptors (Lipinski definition) is 2. The first-order valence-corrected chi connectivity index (χ1v) is 5.11. The van der Waals surface area contributed by atoms with E-state index in [1.807, 2.05) is 0 Å². The fourth-order valence-corrected chi connectivity index (χ4v) is 1.42. The summed E-state index contributed by atoms with van der Waals surface area (Å²) < 4.78 is 5.35. The molecule has 0 saturated heterocycles. The molecule has 0 radical (unpaired) electrons. The van der Waals surface area contributed by atoms with Crippen LogP contribution in [0.1, 0.15) is 32.1 Å². The van der Waals surface area contributed by atoms with Gasteiger partial charge in [0.15, 0.2) is 0 Å². The minimum atomic E-state index is 0.0589. The van der Waals surface area contributed by atoms with E-state index in [2.05, 4.69) is 5.32 Å².